The molecular formula is C24H20ClFN4O2. The summed E-state index contributed by atoms with van der Waals surface area (Å²) in [5, 5.41) is 5.79. The van der Waals surface area contributed by atoms with Crippen LogP contribution < -0.4 is 15.5 Å². The summed E-state index contributed by atoms with van der Waals surface area (Å²) in [6.45, 7) is 0.173. The number of carbonyl (C=O) groups excluding carboxylic acids is 2. The monoisotopic (exact) mass is 450 g/mol. The third kappa shape index (κ3) is 4.33. The Kier molecular flexibility index (Phi) is 6.18. The molecule has 162 valence electrons. The number of fused-ring (bicyclic) bond motifs is 1. The van der Waals surface area contributed by atoms with Crippen LogP contribution in [0, 0.1) is 5.82 Å². The number of nitrogens with one attached hydrogen (secondary N) is 2. The maximum atomic E-state index is 14.6. The van der Waals surface area contributed by atoms with Crippen molar-refractivity contribution in [2.24, 2.45) is 4.99 Å². The van der Waals surface area contributed by atoms with Gasteiger partial charge in [0.15, 0.2) is 0 Å². The number of amides is 3. The van der Waals surface area contributed by atoms with Crippen LogP contribution >= 0.6 is 11.6 Å². The topological polar surface area (TPSA) is 73.8 Å². The SMILES string of the molecule is CN1C(=O)C(NC(=O)NCc2ccccc2Cl)N=C(c2ccccc2F)c2ccccc21. The minimum Gasteiger partial charge on any atom is -0.334 e. The molecule has 0 aliphatic carbocycles. The Morgan fingerprint density at radius 2 is 1.69 bits per heavy atom. The largest absolute Gasteiger partial charge is 0.334 e. The predicted octanol–water partition coefficient (Wildman–Crippen LogP) is 4.12. The van der Waals surface area contributed by atoms with E-state index in [0.717, 1.165) is 5.56 Å². The number of likely N-dealkylation sites (N-methyl/N-ethyl adjacent to an activating group) is 1. The zero-order valence-corrected chi connectivity index (χ0v) is 17.9. The minimum atomic E-state index is -1.24. The normalized spacial score (nSPS) is 15.5. The zero-order chi connectivity index (χ0) is 22.7. The van der Waals surface area contributed by atoms with Crippen molar-refractivity contribution in [3.05, 3.63) is 100 Å². The first-order valence-electron chi connectivity index (χ1n) is 9.93. The van der Waals surface area contributed by atoms with Gasteiger partial charge in [-0.25, -0.2) is 14.2 Å². The lowest BCUT2D eigenvalue weighted by Crippen LogP contribution is -2.49. The summed E-state index contributed by atoms with van der Waals surface area (Å²) in [6, 6.07) is 19.8. The van der Waals surface area contributed by atoms with E-state index < -0.39 is 23.9 Å². The number of rotatable bonds is 4. The molecule has 0 fully saturated rings. The third-order valence-corrected chi connectivity index (χ3v) is 5.51. The lowest BCUT2D eigenvalue weighted by Gasteiger charge is -2.21. The van der Waals surface area contributed by atoms with Gasteiger partial charge < -0.3 is 15.5 Å². The van der Waals surface area contributed by atoms with Crippen LogP contribution in [0.2, 0.25) is 5.02 Å². The van der Waals surface area contributed by atoms with Crippen molar-refractivity contribution in [2.45, 2.75) is 12.7 Å². The molecule has 0 saturated carbocycles. The van der Waals surface area contributed by atoms with Gasteiger partial charge >= 0.3 is 6.03 Å². The van der Waals surface area contributed by atoms with E-state index in [1.54, 1.807) is 67.7 Å². The molecule has 8 heteroatoms. The molecule has 3 aromatic rings. The molecule has 0 bridgehead atoms. The fourth-order valence-corrected chi connectivity index (χ4v) is 3.68. The van der Waals surface area contributed by atoms with Crippen LogP contribution in [0.3, 0.4) is 0 Å². The summed E-state index contributed by atoms with van der Waals surface area (Å²) in [5.41, 5.74) is 2.42. The van der Waals surface area contributed by atoms with E-state index >= 15 is 0 Å². The second-order valence-electron chi connectivity index (χ2n) is 7.19. The van der Waals surface area contributed by atoms with Gasteiger partial charge in [-0.05, 0) is 29.8 Å². The summed E-state index contributed by atoms with van der Waals surface area (Å²) >= 11 is 6.13. The van der Waals surface area contributed by atoms with Crippen molar-refractivity contribution in [2.75, 3.05) is 11.9 Å². The van der Waals surface area contributed by atoms with Crippen LogP contribution in [0.15, 0.2) is 77.8 Å². The van der Waals surface area contributed by atoms with E-state index in [4.69, 9.17) is 11.6 Å². The number of benzene rings is 3. The number of hydrogen-bond acceptors (Lipinski definition) is 3. The molecule has 2 N–H and O–H groups in total. The van der Waals surface area contributed by atoms with Gasteiger partial charge in [0.2, 0.25) is 6.17 Å². The van der Waals surface area contributed by atoms with E-state index in [-0.39, 0.29) is 17.8 Å². The molecule has 1 aliphatic heterocycles. The molecule has 3 aromatic carbocycles. The lowest BCUT2D eigenvalue weighted by atomic mass is 10.00. The molecular weight excluding hydrogens is 431 g/mol. The first kappa shape index (κ1) is 21.5. The highest BCUT2D eigenvalue weighted by Crippen LogP contribution is 2.28. The van der Waals surface area contributed by atoms with Crippen LogP contribution in [0.4, 0.5) is 14.9 Å². The number of urea groups is 1. The Morgan fingerprint density at radius 1 is 1.03 bits per heavy atom. The predicted molar refractivity (Wildman–Crippen MR) is 123 cm³/mol. The average Bonchev–Trinajstić information content (AvgIpc) is 2.90. The van der Waals surface area contributed by atoms with Gasteiger partial charge in [0.05, 0.1) is 11.4 Å². The number of hydrogen-bond donors (Lipinski definition) is 2. The van der Waals surface area contributed by atoms with E-state index in [9.17, 15) is 14.0 Å². The van der Waals surface area contributed by atoms with Crippen LogP contribution in [0.1, 0.15) is 16.7 Å². The summed E-state index contributed by atoms with van der Waals surface area (Å²) in [5.74, 6) is -0.920. The second-order valence-corrected chi connectivity index (χ2v) is 7.60. The fraction of sp³-hybridized carbons (Fsp3) is 0.125. The van der Waals surface area contributed by atoms with Crippen molar-refractivity contribution in [3.8, 4) is 0 Å². The number of benzodiazepines with no additional fused rings is 1. The first-order valence-corrected chi connectivity index (χ1v) is 10.3. The Morgan fingerprint density at radius 3 is 2.44 bits per heavy atom. The highest BCUT2D eigenvalue weighted by Gasteiger charge is 2.31. The lowest BCUT2D eigenvalue weighted by molar-refractivity contribution is -0.119. The van der Waals surface area contributed by atoms with Gasteiger partial charge in [0.25, 0.3) is 5.91 Å². The molecule has 6 nitrogen and oxygen atoms in total. The molecule has 0 aromatic heterocycles. The Balaban J connectivity index is 1.65. The maximum absolute atomic E-state index is 14.6. The molecule has 4 rings (SSSR count). The molecule has 3 amide bonds. The van der Waals surface area contributed by atoms with E-state index in [0.29, 0.717) is 16.3 Å². The zero-order valence-electron chi connectivity index (χ0n) is 17.2. The summed E-state index contributed by atoms with van der Waals surface area (Å²) in [6.07, 6.45) is -1.24. The number of aliphatic imine (C=N–C) groups is 1. The summed E-state index contributed by atoms with van der Waals surface area (Å²) < 4.78 is 14.6. The number of carbonyl (C=O) groups is 2. The summed E-state index contributed by atoms with van der Waals surface area (Å²) in [7, 11) is 1.59. The van der Waals surface area contributed by atoms with E-state index in [1.165, 1.54) is 11.0 Å². The van der Waals surface area contributed by atoms with Crippen LogP contribution in [-0.2, 0) is 11.3 Å². The van der Waals surface area contributed by atoms with E-state index in [1.807, 2.05) is 6.07 Å². The quantitative estimate of drug-likeness (QED) is 0.627. The molecule has 1 unspecified atom stereocenters. The maximum Gasteiger partial charge on any atom is 0.317 e. The molecule has 0 saturated heterocycles. The van der Waals surface area contributed by atoms with Crippen molar-refractivity contribution in [1.29, 1.82) is 0 Å². The Hall–Kier alpha value is -3.71. The highest BCUT2D eigenvalue weighted by molar-refractivity contribution is 6.31. The molecule has 32 heavy (non-hydrogen) atoms. The second kappa shape index (κ2) is 9.20. The Bertz CT molecular complexity index is 1210. The van der Waals surface area contributed by atoms with Gasteiger partial charge in [-0.15, -0.1) is 0 Å². The molecule has 1 atom stereocenters. The smallest absolute Gasteiger partial charge is 0.317 e. The number of nitrogens with zero attached hydrogens (tertiary/aromatic N) is 2. The van der Waals surface area contributed by atoms with Crippen molar-refractivity contribution in [1.82, 2.24) is 10.6 Å². The van der Waals surface area contributed by atoms with Gasteiger partial charge in [0, 0.05) is 29.7 Å². The fourth-order valence-electron chi connectivity index (χ4n) is 3.48. The van der Waals surface area contributed by atoms with Crippen molar-refractivity contribution >= 4 is 34.9 Å². The number of anilines is 1. The highest BCUT2D eigenvalue weighted by atomic mass is 35.5. The van der Waals surface area contributed by atoms with Gasteiger partial charge in [-0.1, -0.05) is 60.1 Å². The van der Waals surface area contributed by atoms with Crippen molar-refractivity contribution < 1.29 is 14.0 Å². The molecule has 1 aliphatic rings. The van der Waals surface area contributed by atoms with Gasteiger partial charge in [0.1, 0.15) is 5.82 Å². The molecule has 1 heterocycles. The third-order valence-electron chi connectivity index (χ3n) is 5.14. The van der Waals surface area contributed by atoms with E-state index in [2.05, 4.69) is 15.6 Å². The molecule has 0 spiro atoms. The average molecular weight is 451 g/mol. The number of para-hydroxylation sites is 1. The van der Waals surface area contributed by atoms with Gasteiger partial charge in [-0.2, -0.15) is 0 Å². The van der Waals surface area contributed by atoms with Gasteiger partial charge in [-0.3, -0.25) is 4.79 Å². The summed E-state index contributed by atoms with van der Waals surface area (Å²) in [4.78, 5) is 31.5. The van der Waals surface area contributed by atoms with Crippen LogP contribution in [0.5, 0.6) is 0 Å². The first-order chi connectivity index (χ1) is 15.5. The number of halogens is 2. The van der Waals surface area contributed by atoms with Crippen LogP contribution in [0.25, 0.3) is 0 Å². The standard InChI is InChI=1S/C24H20ClFN4O2/c1-30-20-13-7-4-10-17(20)21(16-9-3-6-12-19(16)26)28-22(23(30)31)29-24(32)27-14-15-8-2-5-11-18(15)25/h2-13,22H,14H2,1H3,(H2,27,29,32). The van der Waals surface area contributed by atoms with Crippen LogP contribution in [-0.4, -0.2) is 30.9 Å². The van der Waals surface area contributed by atoms with Crippen molar-refractivity contribution in [3.63, 3.8) is 0 Å². The Labute approximate surface area is 189 Å². The molecule has 0 radical (unpaired) electrons. The minimum absolute atomic E-state index is 0.173.